The number of nitrogens with zero attached hydrogens (tertiary/aromatic N) is 1. The fourth-order valence-electron chi connectivity index (χ4n) is 1.78. The van der Waals surface area contributed by atoms with Crippen molar-refractivity contribution >= 4 is 22.3 Å². The standard InChI is InChI=1S/C14H7NO2S/c15-8-11-3-5-13(18-11)10-1-4-12-9(7-10)2-6-14(16)17-12/h1-7H. The van der Waals surface area contributed by atoms with Crippen molar-refractivity contribution in [2.45, 2.75) is 0 Å². The third-order valence-electron chi connectivity index (χ3n) is 2.62. The van der Waals surface area contributed by atoms with Gasteiger partial charge >= 0.3 is 5.63 Å². The van der Waals surface area contributed by atoms with Gasteiger partial charge in [-0.2, -0.15) is 5.26 Å². The molecule has 2 heterocycles. The molecule has 0 spiro atoms. The SMILES string of the molecule is N#Cc1ccc(-c2ccc3oc(=O)ccc3c2)s1. The fourth-order valence-corrected chi connectivity index (χ4v) is 2.58. The molecule has 0 aliphatic rings. The van der Waals surface area contributed by atoms with Crippen molar-refractivity contribution in [1.82, 2.24) is 0 Å². The van der Waals surface area contributed by atoms with Crippen molar-refractivity contribution in [3.63, 3.8) is 0 Å². The molecule has 4 heteroatoms. The molecule has 0 atom stereocenters. The Hall–Kier alpha value is -2.38. The summed E-state index contributed by atoms with van der Waals surface area (Å²) in [7, 11) is 0. The summed E-state index contributed by atoms with van der Waals surface area (Å²) in [4.78, 5) is 12.8. The zero-order valence-corrected chi connectivity index (χ0v) is 10.0. The second kappa shape index (κ2) is 4.13. The molecule has 0 amide bonds. The van der Waals surface area contributed by atoms with Gasteiger partial charge in [-0.15, -0.1) is 11.3 Å². The molecule has 0 radical (unpaired) electrons. The highest BCUT2D eigenvalue weighted by Crippen LogP contribution is 2.29. The van der Waals surface area contributed by atoms with Crippen LogP contribution in [0.1, 0.15) is 4.88 Å². The Labute approximate surface area is 107 Å². The van der Waals surface area contributed by atoms with Crippen LogP contribution in [0.3, 0.4) is 0 Å². The van der Waals surface area contributed by atoms with Crippen LogP contribution in [0, 0.1) is 11.3 Å². The van der Waals surface area contributed by atoms with E-state index >= 15 is 0 Å². The lowest BCUT2D eigenvalue weighted by Gasteiger charge is -1.99. The predicted octanol–water partition coefficient (Wildman–Crippen LogP) is 3.39. The van der Waals surface area contributed by atoms with Crippen LogP contribution in [0.4, 0.5) is 0 Å². The molecule has 1 aromatic carbocycles. The average molecular weight is 253 g/mol. The average Bonchev–Trinajstić information content (AvgIpc) is 2.87. The Morgan fingerprint density at radius 2 is 2.00 bits per heavy atom. The molecule has 0 saturated carbocycles. The van der Waals surface area contributed by atoms with Crippen LogP contribution < -0.4 is 5.63 Å². The molecular weight excluding hydrogens is 246 g/mol. The van der Waals surface area contributed by atoms with Crippen molar-refractivity contribution < 1.29 is 4.42 Å². The molecular formula is C14H7NO2S. The highest BCUT2D eigenvalue weighted by Gasteiger charge is 2.04. The van der Waals surface area contributed by atoms with Gasteiger partial charge in [-0.3, -0.25) is 0 Å². The van der Waals surface area contributed by atoms with Crippen LogP contribution in [-0.4, -0.2) is 0 Å². The highest BCUT2D eigenvalue weighted by atomic mass is 32.1. The van der Waals surface area contributed by atoms with E-state index in [2.05, 4.69) is 6.07 Å². The molecule has 0 unspecified atom stereocenters. The lowest BCUT2D eigenvalue weighted by Crippen LogP contribution is -1.93. The van der Waals surface area contributed by atoms with E-state index in [9.17, 15) is 4.79 Å². The smallest absolute Gasteiger partial charge is 0.336 e. The molecule has 2 aromatic heterocycles. The summed E-state index contributed by atoms with van der Waals surface area (Å²) >= 11 is 1.44. The minimum absolute atomic E-state index is 0.349. The Kier molecular flexibility index (Phi) is 2.47. The zero-order chi connectivity index (χ0) is 12.5. The molecule has 3 rings (SSSR count). The lowest BCUT2D eigenvalue weighted by atomic mass is 10.1. The first-order valence-corrected chi connectivity index (χ1v) is 6.12. The summed E-state index contributed by atoms with van der Waals surface area (Å²) in [6.07, 6.45) is 0. The maximum Gasteiger partial charge on any atom is 0.336 e. The molecule has 3 aromatic rings. The summed E-state index contributed by atoms with van der Waals surface area (Å²) in [5.74, 6) is 0. The van der Waals surface area contributed by atoms with E-state index in [0.717, 1.165) is 15.8 Å². The maximum atomic E-state index is 11.1. The summed E-state index contributed by atoms with van der Waals surface area (Å²) in [5, 5.41) is 9.68. The van der Waals surface area contributed by atoms with E-state index < -0.39 is 0 Å². The number of nitriles is 1. The van der Waals surface area contributed by atoms with Crippen LogP contribution >= 0.6 is 11.3 Å². The lowest BCUT2D eigenvalue weighted by molar-refractivity contribution is 0.561. The minimum Gasteiger partial charge on any atom is -0.423 e. The van der Waals surface area contributed by atoms with Crippen LogP contribution in [0.15, 0.2) is 51.7 Å². The maximum absolute atomic E-state index is 11.1. The Morgan fingerprint density at radius 1 is 1.11 bits per heavy atom. The largest absolute Gasteiger partial charge is 0.423 e. The van der Waals surface area contributed by atoms with E-state index in [4.69, 9.17) is 9.68 Å². The van der Waals surface area contributed by atoms with E-state index in [1.54, 1.807) is 18.2 Å². The van der Waals surface area contributed by atoms with E-state index in [1.165, 1.54) is 17.4 Å². The van der Waals surface area contributed by atoms with Crippen LogP contribution in [0.5, 0.6) is 0 Å². The van der Waals surface area contributed by atoms with Crippen molar-refractivity contribution in [2.75, 3.05) is 0 Å². The zero-order valence-electron chi connectivity index (χ0n) is 9.21. The summed E-state index contributed by atoms with van der Waals surface area (Å²) in [5.41, 5.74) is 1.24. The normalized spacial score (nSPS) is 10.4. The van der Waals surface area contributed by atoms with Crippen molar-refractivity contribution in [3.05, 3.63) is 57.8 Å². The quantitative estimate of drug-likeness (QED) is 0.624. The van der Waals surface area contributed by atoms with Gasteiger partial charge in [0.2, 0.25) is 0 Å². The number of hydrogen-bond acceptors (Lipinski definition) is 4. The van der Waals surface area contributed by atoms with E-state index in [-0.39, 0.29) is 5.63 Å². The third-order valence-corrected chi connectivity index (χ3v) is 3.66. The molecule has 0 bridgehead atoms. The van der Waals surface area contributed by atoms with Gasteiger partial charge in [-0.25, -0.2) is 4.79 Å². The van der Waals surface area contributed by atoms with E-state index in [0.29, 0.717) is 10.5 Å². The van der Waals surface area contributed by atoms with Crippen LogP contribution in [-0.2, 0) is 0 Å². The second-order valence-corrected chi connectivity index (χ2v) is 4.87. The van der Waals surface area contributed by atoms with Gasteiger partial charge in [0.25, 0.3) is 0 Å². The Morgan fingerprint density at radius 3 is 2.78 bits per heavy atom. The third kappa shape index (κ3) is 1.81. The number of hydrogen-bond donors (Lipinski definition) is 0. The first-order valence-electron chi connectivity index (χ1n) is 5.30. The van der Waals surface area contributed by atoms with Gasteiger partial charge < -0.3 is 4.42 Å². The molecule has 3 nitrogen and oxygen atoms in total. The predicted molar refractivity (Wildman–Crippen MR) is 70.5 cm³/mol. The molecule has 86 valence electrons. The van der Waals surface area contributed by atoms with Gasteiger partial charge in [0, 0.05) is 16.3 Å². The van der Waals surface area contributed by atoms with Gasteiger partial charge in [0.15, 0.2) is 0 Å². The van der Waals surface area contributed by atoms with Crippen molar-refractivity contribution in [3.8, 4) is 16.5 Å². The highest BCUT2D eigenvalue weighted by molar-refractivity contribution is 7.16. The monoisotopic (exact) mass is 253 g/mol. The van der Waals surface area contributed by atoms with E-state index in [1.807, 2.05) is 18.2 Å². The summed E-state index contributed by atoms with van der Waals surface area (Å²) < 4.78 is 5.07. The molecule has 0 aliphatic carbocycles. The summed E-state index contributed by atoms with van der Waals surface area (Å²) in [6.45, 7) is 0. The second-order valence-electron chi connectivity index (χ2n) is 3.78. The Balaban J connectivity index is 2.16. The first kappa shape index (κ1) is 10.8. The first-order chi connectivity index (χ1) is 8.76. The Bertz CT molecular complexity index is 823. The number of fused-ring (bicyclic) bond motifs is 1. The van der Waals surface area contributed by atoms with Gasteiger partial charge in [-0.1, -0.05) is 0 Å². The van der Waals surface area contributed by atoms with Gasteiger partial charge in [0.05, 0.1) is 0 Å². The van der Waals surface area contributed by atoms with Crippen molar-refractivity contribution in [1.29, 1.82) is 5.26 Å². The minimum atomic E-state index is -0.349. The topological polar surface area (TPSA) is 54.0 Å². The van der Waals surface area contributed by atoms with Crippen LogP contribution in [0.25, 0.3) is 21.4 Å². The summed E-state index contributed by atoms with van der Waals surface area (Å²) in [6, 6.07) is 14.6. The molecule has 0 fully saturated rings. The molecule has 0 aliphatic heterocycles. The molecule has 0 N–H and O–H groups in total. The number of benzene rings is 1. The van der Waals surface area contributed by atoms with Crippen LogP contribution in [0.2, 0.25) is 0 Å². The molecule has 18 heavy (non-hydrogen) atoms. The fraction of sp³-hybridized carbons (Fsp3) is 0. The number of rotatable bonds is 1. The van der Waals surface area contributed by atoms with Gasteiger partial charge in [-0.05, 0) is 42.0 Å². The number of thiophene rings is 1. The molecule has 0 saturated heterocycles. The van der Waals surface area contributed by atoms with Crippen molar-refractivity contribution in [2.24, 2.45) is 0 Å². The van der Waals surface area contributed by atoms with Gasteiger partial charge in [0.1, 0.15) is 16.5 Å².